The molecule has 2 nitrogen and oxygen atoms in total. The Morgan fingerprint density at radius 2 is 1.69 bits per heavy atom. The molecule has 0 heterocycles. The van der Waals surface area contributed by atoms with E-state index in [0.29, 0.717) is 0 Å². The van der Waals surface area contributed by atoms with Crippen molar-refractivity contribution in [2.75, 3.05) is 26.7 Å². The van der Waals surface area contributed by atoms with Gasteiger partial charge in [0.1, 0.15) is 0 Å². The molecule has 0 saturated heterocycles. The molecule has 2 aliphatic carbocycles. The molecule has 0 aliphatic heterocycles. The molecule has 0 spiro atoms. The van der Waals surface area contributed by atoms with Gasteiger partial charge in [-0.3, -0.25) is 0 Å². The highest BCUT2D eigenvalue weighted by Crippen LogP contribution is 2.44. The largest absolute Gasteiger partial charge is 0.312 e. The normalized spacial score (nSPS) is 21.4. The Morgan fingerprint density at radius 1 is 1.12 bits per heavy atom. The van der Waals surface area contributed by atoms with Gasteiger partial charge in [-0.15, -0.1) is 0 Å². The fourth-order valence-corrected chi connectivity index (χ4v) is 2.77. The quantitative estimate of drug-likeness (QED) is 0.681. The SMILES string of the molecule is CC(C)CN(C)CCNC(C1CC1)C1CC1. The van der Waals surface area contributed by atoms with Gasteiger partial charge in [0, 0.05) is 25.7 Å². The molecule has 0 bridgehead atoms. The second-order valence-corrected chi connectivity index (χ2v) is 6.31. The lowest BCUT2D eigenvalue weighted by atomic mass is 10.1. The zero-order valence-electron chi connectivity index (χ0n) is 11.2. The minimum atomic E-state index is 0.785. The topological polar surface area (TPSA) is 15.3 Å². The Bertz CT molecular complexity index is 195. The molecule has 0 aromatic carbocycles. The lowest BCUT2D eigenvalue weighted by Gasteiger charge is -2.22. The van der Waals surface area contributed by atoms with Crippen molar-refractivity contribution in [3.05, 3.63) is 0 Å². The predicted molar refractivity (Wildman–Crippen MR) is 69.6 cm³/mol. The zero-order chi connectivity index (χ0) is 11.5. The summed E-state index contributed by atoms with van der Waals surface area (Å²) in [6, 6.07) is 0.868. The molecule has 0 aromatic rings. The molecule has 2 heteroatoms. The number of likely N-dealkylation sites (N-methyl/N-ethyl adjacent to an activating group) is 1. The molecule has 2 aliphatic rings. The number of rotatable bonds is 8. The van der Waals surface area contributed by atoms with Crippen LogP contribution in [0.1, 0.15) is 39.5 Å². The highest BCUT2D eigenvalue weighted by molar-refractivity contribution is 4.96. The van der Waals surface area contributed by atoms with E-state index >= 15 is 0 Å². The van der Waals surface area contributed by atoms with Crippen LogP contribution in [0.25, 0.3) is 0 Å². The molecule has 0 unspecified atom stereocenters. The molecule has 0 amide bonds. The van der Waals surface area contributed by atoms with Crippen molar-refractivity contribution in [1.82, 2.24) is 10.2 Å². The van der Waals surface area contributed by atoms with Gasteiger partial charge in [0.2, 0.25) is 0 Å². The molecule has 1 N–H and O–H groups in total. The Kier molecular flexibility index (Phi) is 4.26. The van der Waals surface area contributed by atoms with Gasteiger partial charge in [-0.25, -0.2) is 0 Å². The van der Waals surface area contributed by atoms with Crippen molar-refractivity contribution in [2.45, 2.75) is 45.6 Å². The van der Waals surface area contributed by atoms with Crippen LogP contribution in [-0.4, -0.2) is 37.6 Å². The average molecular weight is 224 g/mol. The number of hydrogen-bond donors (Lipinski definition) is 1. The standard InChI is InChI=1S/C14H28N2/c1-11(2)10-16(3)9-8-15-14(12-4-5-12)13-6-7-13/h11-15H,4-10H2,1-3H3. The fraction of sp³-hybridized carbons (Fsp3) is 1.00. The van der Waals surface area contributed by atoms with Crippen LogP contribution >= 0.6 is 0 Å². The molecule has 2 fully saturated rings. The predicted octanol–water partition coefficient (Wildman–Crippen LogP) is 2.35. The summed E-state index contributed by atoms with van der Waals surface area (Å²) in [4.78, 5) is 2.45. The van der Waals surface area contributed by atoms with Crippen LogP contribution in [0.15, 0.2) is 0 Å². The first-order chi connectivity index (χ1) is 7.66. The van der Waals surface area contributed by atoms with E-state index in [2.05, 4.69) is 31.1 Å². The van der Waals surface area contributed by atoms with Crippen LogP contribution in [-0.2, 0) is 0 Å². The van der Waals surface area contributed by atoms with Crippen molar-refractivity contribution in [1.29, 1.82) is 0 Å². The van der Waals surface area contributed by atoms with E-state index in [0.717, 1.165) is 23.8 Å². The highest BCUT2D eigenvalue weighted by Gasteiger charge is 2.40. The molecule has 16 heavy (non-hydrogen) atoms. The zero-order valence-corrected chi connectivity index (χ0v) is 11.2. The maximum atomic E-state index is 3.81. The molecule has 2 saturated carbocycles. The van der Waals surface area contributed by atoms with E-state index < -0.39 is 0 Å². The lowest BCUT2D eigenvalue weighted by Crippen LogP contribution is -2.39. The Labute approximate surface area is 101 Å². The summed E-state index contributed by atoms with van der Waals surface area (Å²) in [7, 11) is 2.24. The summed E-state index contributed by atoms with van der Waals surface area (Å²) in [5.74, 6) is 2.85. The van der Waals surface area contributed by atoms with Crippen LogP contribution < -0.4 is 5.32 Å². The van der Waals surface area contributed by atoms with Gasteiger partial charge in [0.05, 0.1) is 0 Å². The van der Waals surface area contributed by atoms with Gasteiger partial charge in [-0.2, -0.15) is 0 Å². The maximum absolute atomic E-state index is 3.81. The molecule has 2 rings (SSSR count). The van der Waals surface area contributed by atoms with Crippen LogP contribution in [0.2, 0.25) is 0 Å². The van der Waals surface area contributed by atoms with Gasteiger partial charge >= 0.3 is 0 Å². The Hall–Kier alpha value is -0.0800. The van der Waals surface area contributed by atoms with Crippen molar-refractivity contribution < 1.29 is 0 Å². The highest BCUT2D eigenvalue weighted by atomic mass is 15.1. The van der Waals surface area contributed by atoms with E-state index in [4.69, 9.17) is 0 Å². The molecular weight excluding hydrogens is 196 g/mol. The molecular formula is C14H28N2. The summed E-state index contributed by atoms with van der Waals surface area (Å²) in [6.45, 7) is 8.19. The van der Waals surface area contributed by atoms with Gasteiger partial charge in [0.15, 0.2) is 0 Å². The van der Waals surface area contributed by atoms with Crippen LogP contribution in [0.4, 0.5) is 0 Å². The van der Waals surface area contributed by atoms with E-state index in [1.54, 1.807) is 0 Å². The summed E-state index contributed by atoms with van der Waals surface area (Å²) in [5, 5.41) is 3.81. The monoisotopic (exact) mass is 224 g/mol. The van der Waals surface area contributed by atoms with E-state index in [9.17, 15) is 0 Å². The third-order valence-electron chi connectivity index (χ3n) is 3.81. The molecule has 0 radical (unpaired) electrons. The number of hydrogen-bond acceptors (Lipinski definition) is 2. The second-order valence-electron chi connectivity index (χ2n) is 6.31. The Morgan fingerprint density at radius 3 is 2.12 bits per heavy atom. The first kappa shape index (κ1) is 12.4. The summed E-state index contributed by atoms with van der Waals surface area (Å²) >= 11 is 0. The third-order valence-corrected chi connectivity index (χ3v) is 3.81. The molecule has 94 valence electrons. The van der Waals surface area contributed by atoms with Gasteiger partial charge in [0.25, 0.3) is 0 Å². The Balaban J connectivity index is 1.58. The first-order valence-corrected chi connectivity index (χ1v) is 7.08. The van der Waals surface area contributed by atoms with Crippen LogP contribution in [0.3, 0.4) is 0 Å². The molecule has 0 atom stereocenters. The van der Waals surface area contributed by atoms with Crippen molar-refractivity contribution in [3.63, 3.8) is 0 Å². The maximum Gasteiger partial charge on any atom is 0.0124 e. The van der Waals surface area contributed by atoms with E-state index in [1.807, 2.05) is 0 Å². The summed E-state index contributed by atoms with van der Waals surface area (Å²) in [5.41, 5.74) is 0. The van der Waals surface area contributed by atoms with Crippen LogP contribution in [0, 0.1) is 17.8 Å². The minimum absolute atomic E-state index is 0.785. The average Bonchev–Trinajstić information content (AvgIpc) is 3.02. The summed E-state index contributed by atoms with van der Waals surface area (Å²) < 4.78 is 0. The smallest absolute Gasteiger partial charge is 0.0124 e. The molecule has 0 aromatic heterocycles. The first-order valence-electron chi connectivity index (χ1n) is 7.08. The second kappa shape index (κ2) is 5.50. The third kappa shape index (κ3) is 4.06. The van der Waals surface area contributed by atoms with Crippen LogP contribution in [0.5, 0.6) is 0 Å². The number of nitrogens with one attached hydrogen (secondary N) is 1. The van der Waals surface area contributed by atoms with Gasteiger partial charge in [-0.05, 0) is 50.5 Å². The number of nitrogens with zero attached hydrogens (tertiary/aromatic N) is 1. The minimum Gasteiger partial charge on any atom is -0.312 e. The van der Waals surface area contributed by atoms with Gasteiger partial charge in [-0.1, -0.05) is 13.8 Å². The summed E-state index contributed by atoms with van der Waals surface area (Å²) in [6.07, 6.45) is 5.93. The van der Waals surface area contributed by atoms with Crippen molar-refractivity contribution in [3.8, 4) is 0 Å². The van der Waals surface area contributed by atoms with Gasteiger partial charge < -0.3 is 10.2 Å². The van der Waals surface area contributed by atoms with E-state index in [-0.39, 0.29) is 0 Å². The van der Waals surface area contributed by atoms with Crippen molar-refractivity contribution >= 4 is 0 Å². The lowest BCUT2D eigenvalue weighted by molar-refractivity contribution is 0.282. The fourth-order valence-electron chi connectivity index (χ4n) is 2.77. The van der Waals surface area contributed by atoms with E-state index in [1.165, 1.54) is 45.3 Å². The van der Waals surface area contributed by atoms with Crippen molar-refractivity contribution in [2.24, 2.45) is 17.8 Å².